The molecule has 4 nitrogen and oxygen atoms in total. The van der Waals surface area contributed by atoms with E-state index in [1.807, 2.05) is 30.3 Å². The van der Waals surface area contributed by atoms with Gasteiger partial charge in [-0.05, 0) is 16.8 Å². The third kappa shape index (κ3) is 3.23. The molecule has 0 aliphatic heterocycles. The van der Waals surface area contributed by atoms with Crippen molar-refractivity contribution >= 4 is 16.7 Å². The summed E-state index contributed by atoms with van der Waals surface area (Å²) < 4.78 is 5.38. The zero-order valence-corrected chi connectivity index (χ0v) is 10.8. The van der Waals surface area contributed by atoms with Gasteiger partial charge in [0.15, 0.2) is 0 Å². The number of nitrogens with one attached hydrogen (secondary N) is 1. The second-order valence-electron chi connectivity index (χ2n) is 4.29. The predicted octanol–water partition coefficient (Wildman–Crippen LogP) is 2.41. The van der Waals surface area contributed by atoms with Crippen LogP contribution in [0.15, 0.2) is 36.4 Å². The molecule has 0 aromatic heterocycles. The average molecular weight is 259 g/mol. The van der Waals surface area contributed by atoms with Crippen LogP contribution in [0.2, 0.25) is 0 Å². The van der Waals surface area contributed by atoms with E-state index in [9.17, 15) is 4.79 Å². The maximum Gasteiger partial charge on any atom is 0.304 e. The van der Waals surface area contributed by atoms with Crippen molar-refractivity contribution in [3.8, 4) is 5.75 Å². The van der Waals surface area contributed by atoms with Gasteiger partial charge < -0.3 is 15.2 Å². The van der Waals surface area contributed by atoms with Crippen molar-refractivity contribution in [2.24, 2.45) is 0 Å². The van der Waals surface area contributed by atoms with Crippen LogP contribution >= 0.6 is 0 Å². The second kappa shape index (κ2) is 6.20. The first-order valence-electron chi connectivity index (χ1n) is 6.19. The molecule has 2 rings (SSSR count). The molecule has 0 saturated heterocycles. The molecule has 0 unspecified atom stereocenters. The van der Waals surface area contributed by atoms with Gasteiger partial charge in [-0.25, -0.2) is 0 Å². The Bertz CT molecular complexity index is 581. The fraction of sp³-hybridized carbons (Fsp3) is 0.267. The monoisotopic (exact) mass is 259 g/mol. The summed E-state index contributed by atoms with van der Waals surface area (Å²) in [5.74, 6) is 0.0268. The van der Waals surface area contributed by atoms with Gasteiger partial charge in [0.1, 0.15) is 5.75 Å². The Balaban J connectivity index is 2.21. The van der Waals surface area contributed by atoms with Crippen molar-refractivity contribution in [3.05, 3.63) is 42.0 Å². The van der Waals surface area contributed by atoms with Crippen LogP contribution in [0, 0.1) is 0 Å². The number of benzene rings is 2. The Morgan fingerprint density at radius 3 is 2.79 bits per heavy atom. The van der Waals surface area contributed by atoms with Gasteiger partial charge in [-0.2, -0.15) is 0 Å². The van der Waals surface area contributed by atoms with Crippen molar-refractivity contribution in [3.63, 3.8) is 0 Å². The molecule has 0 atom stereocenters. The van der Waals surface area contributed by atoms with Gasteiger partial charge in [-0.15, -0.1) is 0 Å². The molecule has 0 radical (unpaired) electrons. The van der Waals surface area contributed by atoms with E-state index in [-0.39, 0.29) is 6.42 Å². The number of hydrogen-bond acceptors (Lipinski definition) is 3. The molecule has 0 heterocycles. The highest BCUT2D eigenvalue weighted by Crippen LogP contribution is 2.27. The van der Waals surface area contributed by atoms with E-state index in [4.69, 9.17) is 9.84 Å². The van der Waals surface area contributed by atoms with Crippen molar-refractivity contribution in [1.29, 1.82) is 0 Å². The number of rotatable bonds is 6. The average Bonchev–Trinajstić information content (AvgIpc) is 2.43. The molecule has 2 N–H and O–H groups in total. The molecule has 0 spiro atoms. The molecule has 0 fully saturated rings. The lowest BCUT2D eigenvalue weighted by atomic mass is 10.0. The number of aliphatic carboxylic acids is 1. The minimum Gasteiger partial charge on any atom is -0.496 e. The topological polar surface area (TPSA) is 58.6 Å². The van der Waals surface area contributed by atoms with Crippen LogP contribution in [0.1, 0.15) is 12.0 Å². The van der Waals surface area contributed by atoms with Gasteiger partial charge in [0.25, 0.3) is 0 Å². The van der Waals surface area contributed by atoms with Gasteiger partial charge >= 0.3 is 5.97 Å². The Morgan fingerprint density at radius 2 is 2.05 bits per heavy atom. The first-order chi connectivity index (χ1) is 9.22. The zero-order valence-electron chi connectivity index (χ0n) is 10.8. The Labute approximate surface area is 112 Å². The molecule has 0 saturated carbocycles. The highest BCUT2D eigenvalue weighted by Gasteiger charge is 2.07. The van der Waals surface area contributed by atoms with Gasteiger partial charge in [0.2, 0.25) is 0 Å². The Kier molecular flexibility index (Phi) is 4.36. The molecule has 100 valence electrons. The van der Waals surface area contributed by atoms with E-state index in [2.05, 4.69) is 11.4 Å². The molecule has 2 aromatic rings. The first kappa shape index (κ1) is 13.4. The number of hydrogen-bond donors (Lipinski definition) is 2. The van der Waals surface area contributed by atoms with Crippen molar-refractivity contribution in [2.75, 3.05) is 13.7 Å². The Morgan fingerprint density at radius 1 is 1.26 bits per heavy atom. The highest BCUT2D eigenvalue weighted by atomic mass is 16.5. The molecular weight excluding hydrogens is 242 g/mol. The van der Waals surface area contributed by atoms with E-state index < -0.39 is 5.97 Å². The molecule has 2 aromatic carbocycles. The zero-order chi connectivity index (χ0) is 13.7. The van der Waals surface area contributed by atoms with Crippen molar-refractivity contribution in [2.45, 2.75) is 13.0 Å². The SMILES string of the molecule is COc1ccc2ccccc2c1CNCCC(=O)O. The lowest BCUT2D eigenvalue weighted by molar-refractivity contribution is -0.136. The fourth-order valence-corrected chi connectivity index (χ4v) is 2.10. The van der Waals surface area contributed by atoms with Gasteiger partial charge in [-0.3, -0.25) is 4.79 Å². The van der Waals surface area contributed by atoms with E-state index in [1.165, 1.54) is 0 Å². The minimum absolute atomic E-state index is 0.118. The summed E-state index contributed by atoms with van der Waals surface area (Å²) in [6.45, 7) is 1.04. The maximum atomic E-state index is 10.5. The number of carbonyl (C=O) groups is 1. The van der Waals surface area contributed by atoms with Crippen LogP contribution in [0.5, 0.6) is 5.75 Å². The standard InChI is InChI=1S/C15H17NO3/c1-19-14-7-6-11-4-2-3-5-12(11)13(14)10-16-9-8-15(17)18/h2-7,16H,8-10H2,1H3,(H,17,18). The van der Waals surface area contributed by atoms with Gasteiger partial charge in [0, 0.05) is 18.7 Å². The summed E-state index contributed by atoms with van der Waals surface area (Å²) in [5, 5.41) is 14.0. The maximum absolute atomic E-state index is 10.5. The van der Waals surface area contributed by atoms with Crippen LogP contribution in [-0.2, 0) is 11.3 Å². The second-order valence-corrected chi connectivity index (χ2v) is 4.29. The molecule has 0 aliphatic carbocycles. The van der Waals surface area contributed by atoms with E-state index >= 15 is 0 Å². The smallest absolute Gasteiger partial charge is 0.304 e. The van der Waals surface area contributed by atoms with Crippen LogP contribution in [0.3, 0.4) is 0 Å². The summed E-state index contributed by atoms with van der Waals surface area (Å²) in [4.78, 5) is 10.5. The lowest BCUT2D eigenvalue weighted by Crippen LogP contribution is -2.18. The van der Waals surface area contributed by atoms with E-state index in [0.717, 1.165) is 22.1 Å². The van der Waals surface area contributed by atoms with Crippen molar-refractivity contribution < 1.29 is 14.6 Å². The van der Waals surface area contributed by atoms with E-state index in [0.29, 0.717) is 13.1 Å². The quantitative estimate of drug-likeness (QED) is 0.782. The first-order valence-corrected chi connectivity index (χ1v) is 6.19. The largest absolute Gasteiger partial charge is 0.496 e. The molecule has 0 bridgehead atoms. The summed E-state index contributed by atoms with van der Waals surface area (Å²) in [6.07, 6.45) is 0.118. The van der Waals surface area contributed by atoms with Gasteiger partial charge in [-0.1, -0.05) is 30.3 Å². The minimum atomic E-state index is -0.794. The lowest BCUT2D eigenvalue weighted by Gasteiger charge is -2.12. The number of carboxylic acids is 1. The van der Waals surface area contributed by atoms with Crippen LogP contribution in [0.4, 0.5) is 0 Å². The van der Waals surface area contributed by atoms with Crippen LogP contribution < -0.4 is 10.1 Å². The van der Waals surface area contributed by atoms with Crippen LogP contribution in [0.25, 0.3) is 10.8 Å². The Hall–Kier alpha value is -2.07. The number of fused-ring (bicyclic) bond motifs is 1. The normalized spacial score (nSPS) is 10.6. The predicted molar refractivity (Wildman–Crippen MR) is 74.5 cm³/mol. The molecule has 19 heavy (non-hydrogen) atoms. The summed E-state index contributed by atoms with van der Waals surface area (Å²) in [7, 11) is 1.64. The fourth-order valence-electron chi connectivity index (χ4n) is 2.10. The summed E-state index contributed by atoms with van der Waals surface area (Å²) in [5.41, 5.74) is 1.06. The third-order valence-electron chi connectivity index (χ3n) is 3.03. The van der Waals surface area contributed by atoms with E-state index in [1.54, 1.807) is 7.11 Å². The molecule has 0 amide bonds. The molecular formula is C15H17NO3. The van der Waals surface area contributed by atoms with Crippen molar-refractivity contribution in [1.82, 2.24) is 5.32 Å². The van der Waals surface area contributed by atoms with Gasteiger partial charge in [0.05, 0.1) is 13.5 Å². The number of methoxy groups -OCH3 is 1. The summed E-state index contributed by atoms with van der Waals surface area (Å²) >= 11 is 0. The third-order valence-corrected chi connectivity index (χ3v) is 3.03. The molecule has 0 aliphatic rings. The summed E-state index contributed by atoms with van der Waals surface area (Å²) in [6, 6.07) is 12.0. The number of ether oxygens (including phenoxy) is 1. The highest BCUT2D eigenvalue weighted by molar-refractivity contribution is 5.87. The van der Waals surface area contributed by atoms with Crippen LogP contribution in [-0.4, -0.2) is 24.7 Å². The molecule has 4 heteroatoms. The number of carboxylic acid groups (broad SMARTS) is 1.